The fourth-order valence-electron chi connectivity index (χ4n) is 1.55. The standard InChI is InChI=1S/C8H13N3OS/c1-6-9-10-8(13-6)5-11-3-2-7(12)4-11/h7,12H,2-5H2,1H3/t7-/m0/s1. The first-order valence-corrected chi connectivity index (χ1v) is 5.25. The van der Waals surface area contributed by atoms with Crippen molar-refractivity contribution < 1.29 is 5.11 Å². The summed E-state index contributed by atoms with van der Waals surface area (Å²) in [7, 11) is 0. The van der Waals surface area contributed by atoms with Gasteiger partial charge in [-0.2, -0.15) is 0 Å². The van der Waals surface area contributed by atoms with Gasteiger partial charge in [0.05, 0.1) is 12.6 Å². The highest BCUT2D eigenvalue weighted by molar-refractivity contribution is 7.11. The Labute approximate surface area is 81.2 Å². The van der Waals surface area contributed by atoms with Gasteiger partial charge in [0.15, 0.2) is 0 Å². The number of hydrogen-bond acceptors (Lipinski definition) is 5. The molecule has 1 atom stereocenters. The summed E-state index contributed by atoms with van der Waals surface area (Å²) in [5.41, 5.74) is 0. The van der Waals surface area contributed by atoms with Gasteiger partial charge in [-0.3, -0.25) is 4.90 Å². The third kappa shape index (κ3) is 2.24. The number of aliphatic hydroxyl groups is 1. The molecule has 0 aromatic carbocycles. The minimum Gasteiger partial charge on any atom is -0.392 e. The summed E-state index contributed by atoms with van der Waals surface area (Å²) in [6.07, 6.45) is 0.742. The Morgan fingerprint density at radius 1 is 1.62 bits per heavy atom. The smallest absolute Gasteiger partial charge is 0.131 e. The van der Waals surface area contributed by atoms with Crippen LogP contribution < -0.4 is 0 Å². The van der Waals surface area contributed by atoms with Gasteiger partial charge in [0.2, 0.25) is 0 Å². The number of aliphatic hydroxyl groups excluding tert-OH is 1. The van der Waals surface area contributed by atoms with Gasteiger partial charge in [-0.15, -0.1) is 21.5 Å². The van der Waals surface area contributed by atoms with E-state index >= 15 is 0 Å². The molecule has 0 amide bonds. The molecule has 1 aromatic rings. The van der Waals surface area contributed by atoms with Crippen LogP contribution in [-0.4, -0.2) is 39.4 Å². The second-order valence-corrected chi connectivity index (χ2v) is 4.66. The molecule has 0 radical (unpaired) electrons. The Hall–Kier alpha value is -0.520. The molecule has 1 aliphatic rings. The number of nitrogens with zero attached hydrogens (tertiary/aromatic N) is 3. The van der Waals surface area contributed by atoms with E-state index in [9.17, 15) is 5.11 Å². The first kappa shape index (κ1) is 9.05. The molecule has 5 heteroatoms. The molecule has 0 bridgehead atoms. The topological polar surface area (TPSA) is 49.2 Å². The maximum atomic E-state index is 9.31. The normalized spacial score (nSPS) is 24.0. The molecule has 2 rings (SSSR count). The Kier molecular flexibility index (Phi) is 2.57. The van der Waals surface area contributed by atoms with Gasteiger partial charge >= 0.3 is 0 Å². The maximum absolute atomic E-state index is 9.31. The highest BCUT2D eigenvalue weighted by Gasteiger charge is 2.20. The van der Waals surface area contributed by atoms with Crippen LogP contribution in [0.15, 0.2) is 0 Å². The third-order valence-corrected chi connectivity index (χ3v) is 3.00. The Morgan fingerprint density at radius 2 is 2.46 bits per heavy atom. The molecular weight excluding hydrogens is 186 g/mol. The van der Waals surface area contributed by atoms with Crippen molar-refractivity contribution in [3.05, 3.63) is 10.0 Å². The summed E-state index contributed by atoms with van der Waals surface area (Å²) in [5.74, 6) is 0. The lowest BCUT2D eigenvalue weighted by Crippen LogP contribution is -2.21. The lowest BCUT2D eigenvalue weighted by molar-refractivity contribution is 0.174. The second kappa shape index (κ2) is 3.69. The summed E-state index contributed by atoms with van der Waals surface area (Å²) < 4.78 is 0. The molecule has 0 spiro atoms. The van der Waals surface area contributed by atoms with Crippen LogP contribution in [0.2, 0.25) is 0 Å². The zero-order valence-electron chi connectivity index (χ0n) is 7.60. The fraction of sp³-hybridized carbons (Fsp3) is 0.750. The monoisotopic (exact) mass is 199 g/mol. The summed E-state index contributed by atoms with van der Waals surface area (Å²) in [4.78, 5) is 2.21. The van der Waals surface area contributed by atoms with Crippen LogP contribution in [0.1, 0.15) is 16.4 Å². The number of hydrogen-bond donors (Lipinski definition) is 1. The lowest BCUT2D eigenvalue weighted by atomic mass is 10.3. The van der Waals surface area contributed by atoms with Crippen LogP contribution in [0, 0.1) is 6.92 Å². The first-order valence-electron chi connectivity index (χ1n) is 4.43. The molecule has 0 saturated carbocycles. The van der Waals surface area contributed by atoms with E-state index in [4.69, 9.17) is 0 Å². The summed E-state index contributed by atoms with van der Waals surface area (Å²) >= 11 is 1.63. The molecular formula is C8H13N3OS. The number of rotatable bonds is 2. The van der Waals surface area contributed by atoms with Crippen LogP contribution in [0.3, 0.4) is 0 Å². The van der Waals surface area contributed by atoms with Crippen molar-refractivity contribution in [1.29, 1.82) is 0 Å². The van der Waals surface area contributed by atoms with E-state index in [-0.39, 0.29) is 6.10 Å². The van der Waals surface area contributed by atoms with E-state index in [0.717, 1.165) is 36.1 Å². The fourth-order valence-corrected chi connectivity index (χ4v) is 2.30. The predicted molar refractivity (Wildman–Crippen MR) is 50.5 cm³/mol. The number of β-amino-alcohol motifs (C(OH)–C–C–N with tert-alkyl or cyclic N) is 1. The largest absolute Gasteiger partial charge is 0.392 e. The van der Waals surface area contributed by atoms with Crippen molar-refractivity contribution >= 4 is 11.3 Å². The Balaban J connectivity index is 1.91. The van der Waals surface area contributed by atoms with Gasteiger partial charge in [-0.05, 0) is 13.3 Å². The maximum Gasteiger partial charge on any atom is 0.131 e. The van der Waals surface area contributed by atoms with Crippen molar-refractivity contribution in [3.63, 3.8) is 0 Å². The minimum atomic E-state index is -0.144. The van der Waals surface area contributed by atoms with E-state index in [2.05, 4.69) is 15.1 Å². The van der Waals surface area contributed by atoms with Crippen LogP contribution in [0.25, 0.3) is 0 Å². The second-order valence-electron chi connectivity index (χ2n) is 3.39. The van der Waals surface area contributed by atoms with Gasteiger partial charge in [0.1, 0.15) is 10.0 Å². The zero-order valence-corrected chi connectivity index (χ0v) is 8.42. The molecule has 4 nitrogen and oxygen atoms in total. The molecule has 1 saturated heterocycles. The van der Waals surface area contributed by atoms with Crippen molar-refractivity contribution in [2.45, 2.75) is 26.0 Å². The van der Waals surface area contributed by atoms with Gasteiger partial charge in [-0.25, -0.2) is 0 Å². The van der Waals surface area contributed by atoms with E-state index < -0.39 is 0 Å². The molecule has 0 aliphatic carbocycles. The van der Waals surface area contributed by atoms with E-state index in [1.165, 1.54) is 0 Å². The summed E-state index contributed by atoms with van der Waals surface area (Å²) in [5, 5.41) is 19.4. The highest BCUT2D eigenvalue weighted by Crippen LogP contribution is 2.15. The lowest BCUT2D eigenvalue weighted by Gasteiger charge is -2.11. The summed E-state index contributed by atoms with van der Waals surface area (Å²) in [6.45, 7) is 4.54. The molecule has 72 valence electrons. The third-order valence-electron chi connectivity index (χ3n) is 2.17. The van der Waals surface area contributed by atoms with Gasteiger partial charge in [0, 0.05) is 13.1 Å². The minimum absolute atomic E-state index is 0.144. The average molecular weight is 199 g/mol. The zero-order chi connectivity index (χ0) is 9.26. The Morgan fingerprint density at radius 3 is 3.00 bits per heavy atom. The van der Waals surface area contributed by atoms with Crippen LogP contribution in [-0.2, 0) is 6.54 Å². The molecule has 2 heterocycles. The highest BCUT2D eigenvalue weighted by atomic mass is 32.1. The van der Waals surface area contributed by atoms with E-state index in [1.54, 1.807) is 11.3 Å². The predicted octanol–water partition coefficient (Wildman–Crippen LogP) is 0.413. The van der Waals surface area contributed by atoms with Gasteiger partial charge < -0.3 is 5.11 Å². The molecule has 0 unspecified atom stereocenters. The van der Waals surface area contributed by atoms with Crippen molar-refractivity contribution in [2.24, 2.45) is 0 Å². The van der Waals surface area contributed by atoms with Gasteiger partial charge in [0.25, 0.3) is 0 Å². The quantitative estimate of drug-likeness (QED) is 0.749. The molecule has 1 aliphatic heterocycles. The van der Waals surface area contributed by atoms with E-state index in [1.807, 2.05) is 6.92 Å². The number of aryl methyl sites for hydroxylation is 1. The van der Waals surface area contributed by atoms with Crippen molar-refractivity contribution in [3.8, 4) is 0 Å². The SMILES string of the molecule is Cc1nnc(CN2CC[C@H](O)C2)s1. The van der Waals surface area contributed by atoms with Crippen LogP contribution in [0.5, 0.6) is 0 Å². The molecule has 1 fully saturated rings. The van der Waals surface area contributed by atoms with Crippen LogP contribution >= 0.6 is 11.3 Å². The molecule has 13 heavy (non-hydrogen) atoms. The molecule has 1 N–H and O–H groups in total. The summed E-state index contributed by atoms with van der Waals surface area (Å²) in [6, 6.07) is 0. The van der Waals surface area contributed by atoms with Crippen molar-refractivity contribution in [2.75, 3.05) is 13.1 Å². The average Bonchev–Trinajstić information content (AvgIpc) is 2.62. The van der Waals surface area contributed by atoms with E-state index in [0.29, 0.717) is 0 Å². The Bertz CT molecular complexity index is 289. The van der Waals surface area contributed by atoms with Gasteiger partial charge in [-0.1, -0.05) is 0 Å². The van der Waals surface area contributed by atoms with Crippen molar-refractivity contribution in [1.82, 2.24) is 15.1 Å². The number of likely N-dealkylation sites (tertiary alicyclic amines) is 1. The van der Waals surface area contributed by atoms with Crippen LogP contribution in [0.4, 0.5) is 0 Å². The number of aromatic nitrogens is 2. The first-order chi connectivity index (χ1) is 6.24. The molecule has 1 aromatic heterocycles.